The molecule has 0 spiro atoms. The SMILES string of the molecule is O=C(O)Cn1ccc2c(NC3CC=CCC3)nc(Cl)nc21. The number of carbonyl (C=O) groups is 1. The van der Waals surface area contributed by atoms with Crippen LogP contribution >= 0.6 is 11.6 Å². The van der Waals surface area contributed by atoms with E-state index in [1.54, 1.807) is 10.8 Å². The van der Waals surface area contributed by atoms with Gasteiger partial charge in [0.2, 0.25) is 5.28 Å². The summed E-state index contributed by atoms with van der Waals surface area (Å²) in [5, 5.41) is 13.2. The first kappa shape index (κ1) is 13.9. The fraction of sp³-hybridized carbons (Fsp3) is 0.357. The van der Waals surface area contributed by atoms with Crippen LogP contribution in [0.15, 0.2) is 24.4 Å². The molecule has 0 radical (unpaired) electrons. The van der Waals surface area contributed by atoms with Gasteiger partial charge in [-0.3, -0.25) is 4.79 Å². The summed E-state index contributed by atoms with van der Waals surface area (Å²) in [6.45, 7) is -0.150. The Morgan fingerprint density at radius 3 is 3.05 bits per heavy atom. The van der Waals surface area contributed by atoms with Crippen molar-refractivity contribution in [1.82, 2.24) is 14.5 Å². The number of carboxylic acid groups (broad SMARTS) is 1. The fourth-order valence-corrected chi connectivity index (χ4v) is 2.70. The number of aliphatic carboxylic acids is 1. The first-order valence-corrected chi connectivity index (χ1v) is 7.17. The summed E-state index contributed by atoms with van der Waals surface area (Å²) in [6, 6.07) is 2.13. The molecule has 0 bridgehead atoms. The lowest BCUT2D eigenvalue weighted by Crippen LogP contribution is -2.21. The summed E-state index contributed by atoms with van der Waals surface area (Å²) in [7, 11) is 0. The molecule has 3 rings (SSSR count). The van der Waals surface area contributed by atoms with E-state index in [2.05, 4.69) is 27.4 Å². The number of nitrogens with zero attached hydrogens (tertiary/aromatic N) is 3. The van der Waals surface area contributed by atoms with Gasteiger partial charge in [0, 0.05) is 12.2 Å². The molecule has 110 valence electrons. The van der Waals surface area contributed by atoms with Crippen molar-refractivity contribution in [3.63, 3.8) is 0 Å². The first-order valence-electron chi connectivity index (χ1n) is 6.79. The summed E-state index contributed by atoms with van der Waals surface area (Å²) in [6.07, 6.45) is 9.03. The Morgan fingerprint density at radius 2 is 2.33 bits per heavy atom. The normalized spacial score (nSPS) is 18.0. The summed E-state index contributed by atoms with van der Waals surface area (Å²) >= 11 is 5.97. The van der Waals surface area contributed by atoms with E-state index in [-0.39, 0.29) is 11.8 Å². The highest BCUT2D eigenvalue weighted by Crippen LogP contribution is 2.25. The Kier molecular flexibility index (Phi) is 3.79. The molecule has 1 aliphatic carbocycles. The molecule has 2 N–H and O–H groups in total. The Labute approximate surface area is 126 Å². The smallest absolute Gasteiger partial charge is 0.323 e. The monoisotopic (exact) mass is 306 g/mol. The first-order chi connectivity index (χ1) is 10.1. The van der Waals surface area contributed by atoms with Crippen molar-refractivity contribution in [1.29, 1.82) is 0 Å². The van der Waals surface area contributed by atoms with Crippen molar-refractivity contribution in [2.45, 2.75) is 31.8 Å². The van der Waals surface area contributed by atoms with Gasteiger partial charge in [-0.2, -0.15) is 4.98 Å². The van der Waals surface area contributed by atoms with Crippen molar-refractivity contribution in [2.24, 2.45) is 0 Å². The summed E-state index contributed by atoms with van der Waals surface area (Å²) in [4.78, 5) is 19.3. The lowest BCUT2D eigenvalue weighted by atomic mass is 10.0. The average molecular weight is 307 g/mol. The van der Waals surface area contributed by atoms with Crippen LogP contribution in [-0.4, -0.2) is 31.7 Å². The van der Waals surface area contributed by atoms with Crippen molar-refractivity contribution in [3.8, 4) is 0 Å². The highest BCUT2D eigenvalue weighted by molar-refractivity contribution is 6.28. The summed E-state index contributed by atoms with van der Waals surface area (Å²) < 4.78 is 1.55. The largest absolute Gasteiger partial charge is 0.480 e. The Morgan fingerprint density at radius 1 is 1.48 bits per heavy atom. The van der Waals surface area contributed by atoms with Gasteiger partial charge in [0.25, 0.3) is 0 Å². The Bertz CT molecular complexity index is 710. The van der Waals surface area contributed by atoms with Gasteiger partial charge in [0.1, 0.15) is 18.0 Å². The van der Waals surface area contributed by atoms with Crippen LogP contribution in [-0.2, 0) is 11.3 Å². The van der Waals surface area contributed by atoms with Gasteiger partial charge >= 0.3 is 5.97 Å². The maximum Gasteiger partial charge on any atom is 0.323 e. The summed E-state index contributed by atoms with van der Waals surface area (Å²) in [5.74, 6) is -0.261. The minimum atomic E-state index is -0.922. The Hall–Kier alpha value is -2.08. The lowest BCUT2D eigenvalue weighted by molar-refractivity contribution is -0.137. The molecule has 2 aromatic rings. The standard InChI is InChI=1S/C14H15ClN4O2/c15-14-17-12(16-9-4-2-1-3-5-9)10-6-7-19(8-11(20)21)13(10)18-14/h1-2,6-7,9H,3-5,8H2,(H,20,21)(H,16,17,18). The second-order valence-corrected chi connectivity index (χ2v) is 5.38. The number of nitrogens with one attached hydrogen (secondary N) is 1. The van der Waals surface area contributed by atoms with Crippen LogP contribution in [0.5, 0.6) is 0 Å². The van der Waals surface area contributed by atoms with Crippen molar-refractivity contribution in [3.05, 3.63) is 29.7 Å². The van der Waals surface area contributed by atoms with E-state index in [0.29, 0.717) is 17.5 Å². The number of anilines is 1. The third-order valence-corrected chi connectivity index (χ3v) is 3.68. The topological polar surface area (TPSA) is 80.0 Å². The third-order valence-electron chi connectivity index (χ3n) is 3.51. The van der Waals surface area contributed by atoms with Crippen LogP contribution in [0, 0.1) is 0 Å². The number of halogens is 1. The number of hydrogen-bond acceptors (Lipinski definition) is 4. The van der Waals surface area contributed by atoms with Gasteiger partial charge in [0.05, 0.1) is 5.39 Å². The highest BCUT2D eigenvalue weighted by Gasteiger charge is 2.16. The average Bonchev–Trinajstić information content (AvgIpc) is 2.82. The minimum absolute atomic E-state index is 0.113. The predicted octanol–water partition coefficient (Wildman–Crippen LogP) is 2.69. The van der Waals surface area contributed by atoms with Gasteiger partial charge < -0.3 is 15.0 Å². The molecule has 0 amide bonds. The molecule has 1 aliphatic rings. The van der Waals surface area contributed by atoms with Crippen molar-refractivity contribution in [2.75, 3.05) is 5.32 Å². The van der Waals surface area contributed by atoms with Gasteiger partial charge in [-0.25, -0.2) is 4.98 Å². The number of hydrogen-bond donors (Lipinski definition) is 2. The molecule has 0 aromatic carbocycles. The maximum atomic E-state index is 10.9. The third kappa shape index (κ3) is 3.00. The molecule has 0 saturated heterocycles. The van der Waals surface area contributed by atoms with Gasteiger partial charge in [-0.15, -0.1) is 0 Å². The van der Waals surface area contributed by atoms with E-state index >= 15 is 0 Å². The number of allylic oxidation sites excluding steroid dienone is 1. The van der Waals surface area contributed by atoms with Crippen molar-refractivity contribution >= 4 is 34.4 Å². The van der Waals surface area contributed by atoms with E-state index in [1.807, 2.05) is 6.07 Å². The van der Waals surface area contributed by atoms with Crippen LogP contribution in [0.4, 0.5) is 5.82 Å². The quantitative estimate of drug-likeness (QED) is 0.670. The molecule has 2 heterocycles. The van der Waals surface area contributed by atoms with Crippen LogP contribution in [0.3, 0.4) is 0 Å². The van der Waals surface area contributed by atoms with Crippen LogP contribution in [0.25, 0.3) is 11.0 Å². The molecule has 6 nitrogen and oxygen atoms in total. The van der Waals surface area contributed by atoms with E-state index in [0.717, 1.165) is 24.6 Å². The van der Waals surface area contributed by atoms with Gasteiger partial charge in [-0.05, 0) is 36.9 Å². The second kappa shape index (κ2) is 5.73. The zero-order valence-corrected chi connectivity index (χ0v) is 12.0. The zero-order chi connectivity index (χ0) is 14.8. The van der Waals surface area contributed by atoms with E-state index < -0.39 is 5.97 Å². The van der Waals surface area contributed by atoms with Gasteiger partial charge in [0.15, 0.2) is 0 Å². The number of carboxylic acids is 1. The Balaban J connectivity index is 1.96. The molecule has 21 heavy (non-hydrogen) atoms. The van der Waals surface area contributed by atoms with Crippen LogP contribution < -0.4 is 5.32 Å². The highest BCUT2D eigenvalue weighted by atomic mass is 35.5. The molecule has 1 atom stereocenters. The van der Waals surface area contributed by atoms with Crippen LogP contribution in [0.1, 0.15) is 19.3 Å². The maximum absolute atomic E-state index is 10.9. The molecule has 2 aromatic heterocycles. The van der Waals surface area contributed by atoms with E-state index in [9.17, 15) is 4.79 Å². The van der Waals surface area contributed by atoms with E-state index in [1.165, 1.54) is 0 Å². The summed E-state index contributed by atoms with van der Waals surface area (Å²) in [5.41, 5.74) is 0.534. The minimum Gasteiger partial charge on any atom is -0.480 e. The molecule has 0 aliphatic heterocycles. The molecule has 0 saturated carbocycles. The van der Waals surface area contributed by atoms with Crippen molar-refractivity contribution < 1.29 is 9.90 Å². The van der Waals surface area contributed by atoms with E-state index in [4.69, 9.17) is 16.7 Å². The molecule has 1 unspecified atom stereocenters. The number of aromatic nitrogens is 3. The molecular formula is C14H15ClN4O2. The predicted molar refractivity (Wildman–Crippen MR) is 80.6 cm³/mol. The fourth-order valence-electron chi connectivity index (χ4n) is 2.54. The zero-order valence-electron chi connectivity index (χ0n) is 11.3. The lowest BCUT2D eigenvalue weighted by Gasteiger charge is -2.20. The number of rotatable bonds is 4. The second-order valence-electron chi connectivity index (χ2n) is 5.04. The van der Waals surface area contributed by atoms with Crippen LogP contribution in [0.2, 0.25) is 5.28 Å². The molecule has 7 heteroatoms. The molecular weight excluding hydrogens is 292 g/mol. The molecule has 0 fully saturated rings. The van der Waals surface area contributed by atoms with Gasteiger partial charge in [-0.1, -0.05) is 12.2 Å². The number of fused-ring (bicyclic) bond motifs is 1.